The lowest BCUT2D eigenvalue weighted by Gasteiger charge is -2.16. The van der Waals surface area contributed by atoms with E-state index in [0.29, 0.717) is 5.69 Å². The number of rotatable bonds is 4. The molecule has 1 atom stereocenters. The zero-order valence-electron chi connectivity index (χ0n) is 12.5. The van der Waals surface area contributed by atoms with Crippen LogP contribution in [0.2, 0.25) is 0 Å². The van der Waals surface area contributed by atoms with Crippen LogP contribution in [0.1, 0.15) is 38.2 Å². The van der Waals surface area contributed by atoms with Gasteiger partial charge in [-0.2, -0.15) is 0 Å². The van der Waals surface area contributed by atoms with Crippen molar-refractivity contribution in [1.29, 1.82) is 0 Å². The smallest absolute Gasteiger partial charge is 0.113 e. The van der Waals surface area contributed by atoms with E-state index in [1.807, 2.05) is 30.6 Å². The van der Waals surface area contributed by atoms with Crippen molar-refractivity contribution in [3.8, 4) is 11.3 Å². The molecule has 3 aromatic rings. The van der Waals surface area contributed by atoms with Crippen LogP contribution in [0.15, 0.2) is 29.9 Å². The molecular weight excluding hydrogens is 300 g/mol. The van der Waals surface area contributed by atoms with Crippen molar-refractivity contribution in [2.75, 3.05) is 0 Å². The van der Waals surface area contributed by atoms with E-state index in [2.05, 4.69) is 24.9 Å². The fourth-order valence-corrected chi connectivity index (χ4v) is 2.55. The van der Waals surface area contributed by atoms with E-state index in [-0.39, 0.29) is 6.04 Å². The van der Waals surface area contributed by atoms with Gasteiger partial charge in [0.15, 0.2) is 0 Å². The van der Waals surface area contributed by atoms with Crippen LogP contribution in [0.5, 0.6) is 0 Å². The minimum Gasteiger partial charge on any atom is -0.384 e. The molecule has 0 aliphatic heterocycles. The van der Waals surface area contributed by atoms with E-state index < -0.39 is 5.60 Å². The standard InChI is InChI=1S/C14H16N6OS/c1-9(12-8-22-19-17-12)20-7-11(16-18-20)10-4-5-15-13(6-10)14(2,3)21/h4-9,21H,1-3H3. The maximum atomic E-state index is 10.1. The van der Waals surface area contributed by atoms with Gasteiger partial charge < -0.3 is 5.11 Å². The zero-order valence-corrected chi connectivity index (χ0v) is 13.3. The Hall–Kier alpha value is -2.19. The molecule has 3 rings (SSSR count). The van der Waals surface area contributed by atoms with E-state index >= 15 is 0 Å². The van der Waals surface area contributed by atoms with Gasteiger partial charge in [-0.15, -0.1) is 10.2 Å². The minimum atomic E-state index is -0.994. The normalized spacial score (nSPS) is 13.3. The van der Waals surface area contributed by atoms with Crippen molar-refractivity contribution >= 4 is 11.5 Å². The predicted octanol–water partition coefficient (Wildman–Crippen LogP) is 2.03. The molecule has 7 nitrogen and oxygen atoms in total. The molecule has 0 radical (unpaired) electrons. The van der Waals surface area contributed by atoms with Crippen LogP contribution >= 0.6 is 11.5 Å². The number of aliphatic hydroxyl groups is 1. The summed E-state index contributed by atoms with van der Waals surface area (Å²) in [6.07, 6.45) is 3.52. The first-order valence-electron chi connectivity index (χ1n) is 6.83. The average molecular weight is 316 g/mol. The first-order chi connectivity index (χ1) is 10.4. The molecule has 0 aromatic carbocycles. The summed E-state index contributed by atoms with van der Waals surface area (Å²) < 4.78 is 5.61. The lowest BCUT2D eigenvalue weighted by molar-refractivity contribution is 0.0739. The van der Waals surface area contributed by atoms with Gasteiger partial charge in [-0.1, -0.05) is 9.70 Å². The summed E-state index contributed by atoms with van der Waals surface area (Å²) in [6, 6.07) is 3.64. The summed E-state index contributed by atoms with van der Waals surface area (Å²) in [5.41, 5.74) is 2.04. The summed E-state index contributed by atoms with van der Waals surface area (Å²) in [4.78, 5) is 4.20. The Balaban J connectivity index is 1.91. The molecule has 0 aliphatic carbocycles. The van der Waals surface area contributed by atoms with E-state index in [1.54, 1.807) is 24.7 Å². The fourth-order valence-electron chi connectivity index (χ4n) is 2.01. The lowest BCUT2D eigenvalue weighted by atomic mass is 10.0. The van der Waals surface area contributed by atoms with Crippen LogP contribution in [0.4, 0.5) is 0 Å². The van der Waals surface area contributed by atoms with Crippen LogP contribution in [-0.4, -0.2) is 34.7 Å². The van der Waals surface area contributed by atoms with Crippen LogP contribution in [-0.2, 0) is 5.60 Å². The third-order valence-electron chi connectivity index (χ3n) is 3.39. The van der Waals surface area contributed by atoms with Gasteiger partial charge in [0.2, 0.25) is 0 Å². The molecule has 1 unspecified atom stereocenters. The monoisotopic (exact) mass is 316 g/mol. The number of aromatic nitrogens is 6. The molecule has 22 heavy (non-hydrogen) atoms. The van der Waals surface area contributed by atoms with Gasteiger partial charge in [-0.3, -0.25) is 4.98 Å². The first kappa shape index (κ1) is 14.7. The SMILES string of the molecule is CC(c1csnn1)n1cc(-c2ccnc(C(C)(C)O)c2)nn1. The number of hydrogen-bond donors (Lipinski definition) is 1. The van der Waals surface area contributed by atoms with Crippen LogP contribution in [0.25, 0.3) is 11.3 Å². The van der Waals surface area contributed by atoms with Gasteiger partial charge >= 0.3 is 0 Å². The molecule has 0 aliphatic rings. The fraction of sp³-hybridized carbons (Fsp3) is 0.357. The van der Waals surface area contributed by atoms with Crippen molar-refractivity contribution in [3.05, 3.63) is 41.3 Å². The molecule has 0 saturated carbocycles. The van der Waals surface area contributed by atoms with Gasteiger partial charge in [-0.05, 0) is 44.4 Å². The Morgan fingerprint density at radius 2 is 2.14 bits per heavy atom. The van der Waals surface area contributed by atoms with E-state index in [1.165, 1.54) is 11.5 Å². The largest absolute Gasteiger partial charge is 0.384 e. The Morgan fingerprint density at radius 1 is 1.32 bits per heavy atom. The Kier molecular flexibility index (Phi) is 3.71. The zero-order chi connectivity index (χ0) is 15.7. The Labute approximate surface area is 131 Å². The summed E-state index contributed by atoms with van der Waals surface area (Å²) in [5.74, 6) is 0. The number of nitrogens with zero attached hydrogens (tertiary/aromatic N) is 6. The highest BCUT2D eigenvalue weighted by Gasteiger charge is 2.19. The number of pyridine rings is 1. The second-order valence-electron chi connectivity index (χ2n) is 5.58. The predicted molar refractivity (Wildman–Crippen MR) is 82.2 cm³/mol. The third-order valence-corrected chi connectivity index (χ3v) is 3.92. The Bertz CT molecular complexity index is 762. The van der Waals surface area contributed by atoms with Crippen molar-refractivity contribution in [2.24, 2.45) is 0 Å². The van der Waals surface area contributed by atoms with Crippen LogP contribution < -0.4 is 0 Å². The Morgan fingerprint density at radius 3 is 2.82 bits per heavy atom. The van der Waals surface area contributed by atoms with Gasteiger partial charge in [0.05, 0.1) is 23.6 Å². The van der Waals surface area contributed by atoms with Crippen molar-refractivity contribution < 1.29 is 5.11 Å². The molecule has 3 heterocycles. The highest BCUT2D eigenvalue weighted by Crippen LogP contribution is 2.24. The van der Waals surface area contributed by atoms with Gasteiger partial charge in [0.25, 0.3) is 0 Å². The second-order valence-corrected chi connectivity index (χ2v) is 6.19. The van der Waals surface area contributed by atoms with Crippen LogP contribution in [0, 0.1) is 0 Å². The molecule has 0 amide bonds. The molecule has 0 saturated heterocycles. The molecule has 0 fully saturated rings. The summed E-state index contributed by atoms with van der Waals surface area (Å²) in [6.45, 7) is 5.39. The maximum Gasteiger partial charge on any atom is 0.113 e. The van der Waals surface area contributed by atoms with Crippen LogP contribution in [0.3, 0.4) is 0 Å². The first-order valence-corrected chi connectivity index (χ1v) is 7.67. The number of hydrogen-bond acceptors (Lipinski definition) is 7. The summed E-state index contributed by atoms with van der Waals surface area (Å²) in [5, 5.41) is 24.4. The summed E-state index contributed by atoms with van der Waals surface area (Å²) >= 11 is 1.31. The van der Waals surface area contributed by atoms with Crippen molar-refractivity contribution in [2.45, 2.75) is 32.4 Å². The molecule has 8 heteroatoms. The molecule has 0 spiro atoms. The maximum absolute atomic E-state index is 10.1. The summed E-state index contributed by atoms with van der Waals surface area (Å²) in [7, 11) is 0. The van der Waals surface area contributed by atoms with Gasteiger partial charge in [0, 0.05) is 17.1 Å². The molecular formula is C14H16N6OS. The average Bonchev–Trinajstić information content (AvgIpc) is 3.17. The topological polar surface area (TPSA) is 89.6 Å². The molecule has 114 valence electrons. The van der Waals surface area contributed by atoms with Crippen molar-refractivity contribution in [1.82, 2.24) is 29.6 Å². The lowest BCUT2D eigenvalue weighted by Crippen LogP contribution is -2.17. The highest BCUT2D eigenvalue weighted by molar-refractivity contribution is 7.03. The van der Waals surface area contributed by atoms with E-state index in [0.717, 1.165) is 17.0 Å². The molecule has 0 bridgehead atoms. The van der Waals surface area contributed by atoms with E-state index in [9.17, 15) is 5.11 Å². The quantitative estimate of drug-likeness (QED) is 0.792. The third kappa shape index (κ3) is 2.88. The van der Waals surface area contributed by atoms with Gasteiger partial charge in [-0.25, -0.2) is 4.68 Å². The molecule has 3 aromatic heterocycles. The molecule has 1 N–H and O–H groups in total. The van der Waals surface area contributed by atoms with Gasteiger partial charge in [0.1, 0.15) is 11.3 Å². The van der Waals surface area contributed by atoms with Crippen molar-refractivity contribution in [3.63, 3.8) is 0 Å². The second kappa shape index (κ2) is 5.54. The highest BCUT2D eigenvalue weighted by atomic mass is 32.1. The van der Waals surface area contributed by atoms with E-state index in [4.69, 9.17) is 0 Å². The minimum absolute atomic E-state index is 0.0319.